The highest BCUT2D eigenvalue weighted by Crippen LogP contribution is 2.36. The second kappa shape index (κ2) is 8.01. The van der Waals surface area contributed by atoms with E-state index in [4.69, 9.17) is 10.5 Å². The monoisotopic (exact) mass is 428 g/mol. The number of nitrogens with zero attached hydrogens (tertiary/aromatic N) is 2. The van der Waals surface area contributed by atoms with Gasteiger partial charge in [0, 0.05) is 53.2 Å². The van der Waals surface area contributed by atoms with Crippen LogP contribution < -0.4 is 10.5 Å². The van der Waals surface area contributed by atoms with E-state index in [9.17, 15) is 9.90 Å². The average Bonchev–Trinajstić information content (AvgIpc) is 3.44. The number of aromatic amines is 1. The molecule has 3 heterocycles. The number of hydrogen-bond acceptors (Lipinski definition) is 5. The summed E-state index contributed by atoms with van der Waals surface area (Å²) in [6, 6.07) is 15.4. The number of methoxy groups -OCH3 is 1. The molecular formula is C25H24N4O3. The Hall–Kier alpha value is -3.84. The number of aromatic nitrogens is 2. The minimum atomic E-state index is -0.475. The molecule has 1 unspecified atom stereocenters. The number of β-amino-alcohol motifs (C(OH)–C–C–N with tert-alkyl or cyclic N) is 1. The first-order valence-electron chi connectivity index (χ1n) is 10.5. The number of rotatable bonds is 4. The third kappa shape index (κ3) is 3.46. The van der Waals surface area contributed by atoms with Gasteiger partial charge in [-0.2, -0.15) is 0 Å². The molecule has 1 aliphatic rings. The molecule has 1 amide bonds. The number of hydrogen-bond donors (Lipinski definition) is 3. The second-order valence-electron chi connectivity index (χ2n) is 8.02. The summed E-state index contributed by atoms with van der Waals surface area (Å²) in [6.07, 6.45) is 3.82. The molecule has 0 bridgehead atoms. The number of aliphatic hydroxyl groups is 1. The highest BCUT2D eigenvalue weighted by molar-refractivity contribution is 6.01. The van der Waals surface area contributed by atoms with Gasteiger partial charge in [0.05, 0.1) is 18.8 Å². The molecule has 0 saturated carbocycles. The van der Waals surface area contributed by atoms with E-state index in [2.05, 4.69) is 16.0 Å². The second-order valence-corrected chi connectivity index (χ2v) is 8.02. The van der Waals surface area contributed by atoms with Crippen LogP contribution in [0.25, 0.3) is 33.3 Å². The Morgan fingerprint density at radius 3 is 2.81 bits per heavy atom. The standard InChI is InChI=1S/C25H24N4O3/c1-32-23-5-3-2-4-18(23)21-13-28-24-19(21)11-16(12-27-24)15-6-7-22(26)20(10-15)25(31)29-9-8-17(30)14-29/h2-7,10-13,17,30H,8-9,14,26H2,1H3,(H,27,28). The first-order chi connectivity index (χ1) is 15.5. The summed E-state index contributed by atoms with van der Waals surface area (Å²) in [4.78, 5) is 22.4. The fourth-order valence-corrected chi connectivity index (χ4v) is 4.27. The Labute approximate surface area is 185 Å². The first kappa shape index (κ1) is 20.1. The zero-order valence-corrected chi connectivity index (χ0v) is 17.7. The third-order valence-electron chi connectivity index (χ3n) is 6.00. The summed E-state index contributed by atoms with van der Waals surface area (Å²) in [5, 5.41) is 10.7. The lowest BCUT2D eigenvalue weighted by atomic mass is 9.99. The molecule has 1 saturated heterocycles. The van der Waals surface area contributed by atoms with Crippen molar-refractivity contribution < 1.29 is 14.6 Å². The summed E-state index contributed by atoms with van der Waals surface area (Å²) in [6.45, 7) is 0.866. The highest BCUT2D eigenvalue weighted by atomic mass is 16.5. The number of para-hydroxylation sites is 1. The van der Waals surface area contributed by atoms with E-state index >= 15 is 0 Å². The molecule has 2 aromatic carbocycles. The van der Waals surface area contributed by atoms with Crippen LogP contribution in [0.4, 0.5) is 5.69 Å². The minimum absolute atomic E-state index is 0.161. The van der Waals surface area contributed by atoms with Crippen LogP contribution in [-0.2, 0) is 0 Å². The lowest BCUT2D eigenvalue weighted by Crippen LogP contribution is -2.30. The number of H-pyrrole nitrogens is 1. The zero-order valence-electron chi connectivity index (χ0n) is 17.7. The molecule has 4 aromatic rings. The molecule has 32 heavy (non-hydrogen) atoms. The Kier molecular flexibility index (Phi) is 5.03. The number of aliphatic hydroxyl groups excluding tert-OH is 1. The van der Waals surface area contributed by atoms with Crippen molar-refractivity contribution in [1.82, 2.24) is 14.9 Å². The number of benzene rings is 2. The summed E-state index contributed by atoms with van der Waals surface area (Å²) in [5.74, 6) is 0.623. The predicted molar refractivity (Wildman–Crippen MR) is 124 cm³/mol. The normalized spacial score (nSPS) is 15.9. The van der Waals surface area contributed by atoms with Crippen molar-refractivity contribution in [3.05, 3.63) is 66.5 Å². The number of fused-ring (bicyclic) bond motifs is 1. The molecule has 7 heteroatoms. The number of carbonyl (C=O) groups excluding carboxylic acids is 1. The molecule has 5 rings (SSSR count). The molecule has 2 aromatic heterocycles. The van der Waals surface area contributed by atoms with Crippen molar-refractivity contribution in [2.24, 2.45) is 0 Å². The molecule has 1 aliphatic heterocycles. The van der Waals surface area contributed by atoms with E-state index in [-0.39, 0.29) is 5.91 Å². The molecule has 0 aliphatic carbocycles. The maximum atomic E-state index is 13.0. The molecule has 7 nitrogen and oxygen atoms in total. The van der Waals surface area contributed by atoms with Gasteiger partial charge in [0.25, 0.3) is 5.91 Å². The van der Waals surface area contributed by atoms with E-state index in [1.54, 1.807) is 30.3 Å². The van der Waals surface area contributed by atoms with Gasteiger partial charge in [-0.1, -0.05) is 24.3 Å². The lowest BCUT2D eigenvalue weighted by molar-refractivity contribution is 0.0766. The number of ether oxygens (including phenoxy) is 1. The van der Waals surface area contributed by atoms with Crippen LogP contribution in [0.5, 0.6) is 5.75 Å². The minimum Gasteiger partial charge on any atom is -0.496 e. The summed E-state index contributed by atoms with van der Waals surface area (Å²) in [5.41, 5.74) is 11.5. The molecule has 1 atom stereocenters. The van der Waals surface area contributed by atoms with Crippen molar-refractivity contribution in [3.63, 3.8) is 0 Å². The summed E-state index contributed by atoms with van der Waals surface area (Å²) >= 11 is 0. The van der Waals surface area contributed by atoms with Crippen LogP contribution >= 0.6 is 0 Å². The molecule has 4 N–H and O–H groups in total. The van der Waals surface area contributed by atoms with E-state index < -0.39 is 6.10 Å². The smallest absolute Gasteiger partial charge is 0.256 e. The van der Waals surface area contributed by atoms with Gasteiger partial charge in [-0.05, 0) is 36.2 Å². The van der Waals surface area contributed by atoms with Crippen LogP contribution in [0.3, 0.4) is 0 Å². The number of nitrogens with one attached hydrogen (secondary N) is 1. The number of amides is 1. The van der Waals surface area contributed by atoms with Gasteiger partial charge < -0.3 is 25.5 Å². The topological polar surface area (TPSA) is 104 Å². The van der Waals surface area contributed by atoms with Crippen LogP contribution in [-0.4, -0.2) is 52.2 Å². The fourth-order valence-electron chi connectivity index (χ4n) is 4.27. The number of carbonyl (C=O) groups is 1. The number of nitrogen functional groups attached to an aromatic ring is 1. The highest BCUT2D eigenvalue weighted by Gasteiger charge is 2.26. The van der Waals surface area contributed by atoms with Crippen LogP contribution in [0.1, 0.15) is 16.8 Å². The zero-order chi connectivity index (χ0) is 22.2. The van der Waals surface area contributed by atoms with Crippen LogP contribution in [0.15, 0.2) is 60.9 Å². The predicted octanol–water partition coefficient (Wildman–Crippen LogP) is 3.69. The summed E-state index contributed by atoms with van der Waals surface area (Å²) in [7, 11) is 1.66. The quantitative estimate of drug-likeness (QED) is 0.430. The first-order valence-corrected chi connectivity index (χ1v) is 10.5. The molecular weight excluding hydrogens is 404 g/mol. The Bertz CT molecular complexity index is 1310. The maximum absolute atomic E-state index is 13.0. The van der Waals surface area contributed by atoms with Gasteiger partial charge in [0.15, 0.2) is 0 Å². The number of nitrogens with two attached hydrogens (primary N) is 1. The maximum Gasteiger partial charge on any atom is 0.256 e. The van der Waals surface area contributed by atoms with Crippen molar-refractivity contribution in [2.75, 3.05) is 25.9 Å². The van der Waals surface area contributed by atoms with E-state index in [0.717, 1.165) is 39.0 Å². The summed E-state index contributed by atoms with van der Waals surface area (Å²) < 4.78 is 5.54. The van der Waals surface area contributed by atoms with Crippen molar-refractivity contribution in [2.45, 2.75) is 12.5 Å². The van der Waals surface area contributed by atoms with Crippen molar-refractivity contribution in [3.8, 4) is 28.0 Å². The van der Waals surface area contributed by atoms with E-state index in [0.29, 0.717) is 30.8 Å². The van der Waals surface area contributed by atoms with E-state index in [1.807, 2.05) is 36.5 Å². The lowest BCUT2D eigenvalue weighted by Gasteiger charge is -2.17. The molecule has 0 radical (unpaired) electrons. The van der Waals surface area contributed by atoms with Crippen LogP contribution in [0.2, 0.25) is 0 Å². The Morgan fingerprint density at radius 2 is 2.03 bits per heavy atom. The number of pyridine rings is 1. The molecule has 162 valence electrons. The van der Waals surface area contributed by atoms with Gasteiger partial charge in [0.1, 0.15) is 11.4 Å². The van der Waals surface area contributed by atoms with Crippen LogP contribution in [0, 0.1) is 0 Å². The van der Waals surface area contributed by atoms with Gasteiger partial charge in [-0.15, -0.1) is 0 Å². The van der Waals surface area contributed by atoms with Crippen molar-refractivity contribution >= 4 is 22.6 Å². The number of likely N-dealkylation sites (tertiary alicyclic amines) is 1. The van der Waals surface area contributed by atoms with E-state index in [1.165, 1.54) is 0 Å². The molecule has 1 fully saturated rings. The van der Waals surface area contributed by atoms with Crippen molar-refractivity contribution in [1.29, 1.82) is 0 Å². The van der Waals surface area contributed by atoms with Gasteiger partial charge in [-0.25, -0.2) is 4.98 Å². The largest absolute Gasteiger partial charge is 0.496 e. The third-order valence-corrected chi connectivity index (χ3v) is 6.00. The van der Waals surface area contributed by atoms with Gasteiger partial charge in [0.2, 0.25) is 0 Å². The SMILES string of the molecule is COc1ccccc1-c1c[nH]c2ncc(-c3ccc(N)c(C(=O)N4CCC(O)C4)c3)cc12. The molecule has 0 spiro atoms. The average molecular weight is 428 g/mol. The Morgan fingerprint density at radius 1 is 1.19 bits per heavy atom. The Balaban J connectivity index is 1.56. The fraction of sp³-hybridized carbons (Fsp3) is 0.200. The number of anilines is 1. The van der Waals surface area contributed by atoms with Gasteiger partial charge in [-0.3, -0.25) is 4.79 Å². The van der Waals surface area contributed by atoms with Gasteiger partial charge >= 0.3 is 0 Å².